The maximum atomic E-state index is 13.8. The minimum absolute atomic E-state index is 0.0820. The van der Waals surface area contributed by atoms with Gasteiger partial charge in [0.05, 0.1) is 0 Å². The van der Waals surface area contributed by atoms with Gasteiger partial charge in [0, 0.05) is 17.7 Å². The smallest absolute Gasteiger partial charge is 0.170 e. The van der Waals surface area contributed by atoms with Crippen LogP contribution in [0.4, 0.5) is 4.39 Å². The Kier molecular flexibility index (Phi) is 5.04. The van der Waals surface area contributed by atoms with E-state index < -0.39 is 0 Å². The van der Waals surface area contributed by atoms with E-state index >= 15 is 0 Å². The van der Waals surface area contributed by atoms with Crippen molar-refractivity contribution in [1.29, 1.82) is 0 Å². The molecular formula is C13H18FN3OS. The maximum Gasteiger partial charge on any atom is 0.170 e. The third-order valence-corrected chi connectivity index (χ3v) is 4.46. The zero-order chi connectivity index (χ0) is 13.7. The van der Waals surface area contributed by atoms with Crippen LogP contribution in [-0.2, 0) is 6.54 Å². The molecule has 0 aliphatic carbocycles. The fourth-order valence-electron chi connectivity index (χ4n) is 2.06. The number of nitrogens with one attached hydrogen (secondary N) is 1. The van der Waals surface area contributed by atoms with Crippen LogP contribution < -0.4 is 11.1 Å². The van der Waals surface area contributed by atoms with Crippen molar-refractivity contribution in [1.82, 2.24) is 5.32 Å². The standard InChI is InChI=1S/C13H18FN3OS/c14-12-5-10(13(15)17-18)1-2-11(12)7-16-6-9-3-4-19-8-9/h1-2,5,9,16,18H,3-4,6-8H2,(H2,15,17). The van der Waals surface area contributed by atoms with Crippen LogP contribution in [0.2, 0.25) is 0 Å². The summed E-state index contributed by atoms with van der Waals surface area (Å²) >= 11 is 1.97. The summed E-state index contributed by atoms with van der Waals surface area (Å²) in [7, 11) is 0. The van der Waals surface area contributed by atoms with Crippen LogP contribution in [-0.4, -0.2) is 29.1 Å². The van der Waals surface area contributed by atoms with Crippen molar-refractivity contribution in [3.63, 3.8) is 0 Å². The number of nitrogens with zero attached hydrogens (tertiary/aromatic N) is 1. The van der Waals surface area contributed by atoms with E-state index in [9.17, 15) is 4.39 Å². The first-order valence-electron chi connectivity index (χ1n) is 6.25. The second-order valence-electron chi connectivity index (χ2n) is 4.65. The van der Waals surface area contributed by atoms with Gasteiger partial charge >= 0.3 is 0 Å². The number of amidine groups is 1. The Morgan fingerprint density at radius 1 is 1.58 bits per heavy atom. The molecule has 4 N–H and O–H groups in total. The topological polar surface area (TPSA) is 70.6 Å². The molecule has 1 aromatic carbocycles. The van der Waals surface area contributed by atoms with Crippen LogP contribution >= 0.6 is 11.8 Å². The number of hydrogen-bond acceptors (Lipinski definition) is 4. The lowest BCUT2D eigenvalue weighted by Crippen LogP contribution is -2.23. The summed E-state index contributed by atoms with van der Waals surface area (Å²) < 4.78 is 13.8. The molecule has 1 heterocycles. The molecule has 0 spiro atoms. The van der Waals surface area contributed by atoms with Crippen LogP contribution in [0.5, 0.6) is 0 Å². The number of nitrogens with two attached hydrogens (primary N) is 1. The zero-order valence-electron chi connectivity index (χ0n) is 10.6. The van der Waals surface area contributed by atoms with E-state index in [4.69, 9.17) is 10.9 Å². The Bertz CT molecular complexity index is 461. The molecule has 0 radical (unpaired) electrons. The van der Waals surface area contributed by atoms with E-state index in [2.05, 4.69) is 10.5 Å². The molecular weight excluding hydrogens is 265 g/mol. The Balaban J connectivity index is 1.89. The third kappa shape index (κ3) is 3.84. The van der Waals surface area contributed by atoms with E-state index in [1.165, 1.54) is 24.0 Å². The molecule has 0 saturated carbocycles. The first kappa shape index (κ1) is 14.1. The predicted octanol–water partition coefficient (Wildman–Crippen LogP) is 1.76. The lowest BCUT2D eigenvalue weighted by molar-refractivity contribution is 0.318. The molecule has 19 heavy (non-hydrogen) atoms. The van der Waals surface area contributed by atoms with Crippen LogP contribution in [0, 0.1) is 11.7 Å². The third-order valence-electron chi connectivity index (χ3n) is 3.23. The maximum absolute atomic E-state index is 13.8. The average molecular weight is 283 g/mol. The van der Waals surface area contributed by atoms with Crippen molar-refractivity contribution in [2.45, 2.75) is 13.0 Å². The molecule has 0 amide bonds. The highest BCUT2D eigenvalue weighted by atomic mass is 32.2. The summed E-state index contributed by atoms with van der Waals surface area (Å²) in [6, 6.07) is 4.61. The van der Waals surface area contributed by atoms with Gasteiger partial charge in [-0.1, -0.05) is 17.3 Å². The number of benzene rings is 1. The lowest BCUT2D eigenvalue weighted by atomic mass is 10.1. The monoisotopic (exact) mass is 283 g/mol. The van der Waals surface area contributed by atoms with Crippen LogP contribution in [0.25, 0.3) is 0 Å². The van der Waals surface area contributed by atoms with Crippen molar-refractivity contribution < 1.29 is 9.60 Å². The van der Waals surface area contributed by atoms with E-state index in [0.29, 0.717) is 23.6 Å². The van der Waals surface area contributed by atoms with Gasteiger partial charge in [0.25, 0.3) is 0 Å². The average Bonchev–Trinajstić information content (AvgIpc) is 2.93. The highest BCUT2D eigenvalue weighted by molar-refractivity contribution is 7.99. The van der Waals surface area contributed by atoms with Gasteiger partial charge in [-0.25, -0.2) is 4.39 Å². The van der Waals surface area contributed by atoms with E-state index in [1.54, 1.807) is 12.1 Å². The van der Waals surface area contributed by atoms with E-state index in [0.717, 1.165) is 6.54 Å². The minimum Gasteiger partial charge on any atom is -0.409 e. The summed E-state index contributed by atoms with van der Waals surface area (Å²) in [6.07, 6.45) is 1.24. The molecule has 1 aliphatic rings. The summed E-state index contributed by atoms with van der Waals surface area (Å²) in [5, 5.41) is 14.7. The Morgan fingerprint density at radius 3 is 3.05 bits per heavy atom. The molecule has 1 atom stereocenters. The van der Waals surface area contributed by atoms with Gasteiger partial charge in [-0.05, 0) is 36.5 Å². The Labute approximate surface area is 116 Å². The molecule has 1 unspecified atom stereocenters. The molecule has 2 rings (SSSR count). The molecule has 0 bridgehead atoms. The van der Waals surface area contributed by atoms with Gasteiger partial charge in [0.2, 0.25) is 0 Å². The molecule has 1 aliphatic heterocycles. The number of hydrogen-bond donors (Lipinski definition) is 3. The number of halogens is 1. The second kappa shape index (κ2) is 6.77. The van der Waals surface area contributed by atoms with Crippen molar-refractivity contribution in [2.24, 2.45) is 16.8 Å². The quantitative estimate of drug-likeness (QED) is 0.333. The second-order valence-corrected chi connectivity index (χ2v) is 5.80. The summed E-state index contributed by atoms with van der Waals surface area (Å²) in [5.74, 6) is 2.70. The minimum atomic E-state index is -0.336. The molecule has 1 fully saturated rings. The van der Waals surface area contributed by atoms with Gasteiger partial charge < -0.3 is 16.3 Å². The Hall–Kier alpha value is -1.27. The summed E-state index contributed by atoms with van der Waals surface area (Å²) in [5.41, 5.74) is 6.39. The van der Waals surface area contributed by atoms with E-state index in [1.807, 2.05) is 11.8 Å². The number of thioether (sulfide) groups is 1. The zero-order valence-corrected chi connectivity index (χ0v) is 11.4. The van der Waals surface area contributed by atoms with Crippen LogP contribution in [0.3, 0.4) is 0 Å². The van der Waals surface area contributed by atoms with Gasteiger partial charge in [-0.3, -0.25) is 0 Å². The van der Waals surface area contributed by atoms with Gasteiger partial charge in [-0.15, -0.1) is 0 Å². The van der Waals surface area contributed by atoms with Crippen molar-refractivity contribution >= 4 is 17.6 Å². The normalized spacial score (nSPS) is 19.8. The molecule has 0 aromatic heterocycles. The number of oxime groups is 1. The molecule has 6 heteroatoms. The highest BCUT2D eigenvalue weighted by Crippen LogP contribution is 2.22. The molecule has 1 aromatic rings. The summed E-state index contributed by atoms with van der Waals surface area (Å²) in [6.45, 7) is 1.43. The van der Waals surface area contributed by atoms with Crippen LogP contribution in [0.15, 0.2) is 23.4 Å². The lowest BCUT2D eigenvalue weighted by Gasteiger charge is -2.11. The fraction of sp³-hybridized carbons (Fsp3) is 0.462. The van der Waals surface area contributed by atoms with E-state index in [-0.39, 0.29) is 11.7 Å². The van der Waals surface area contributed by atoms with Gasteiger partial charge in [0.15, 0.2) is 5.84 Å². The number of rotatable bonds is 5. The van der Waals surface area contributed by atoms with Crippen molar-refractivity contribution in [3.8, 4) is 0 Å². The molecule has 4 nitrogen and oxygen atoms in total. The predicted molar refractivity (Wildman–Crippen MR) is 76.0 cm³/mol. The van der Waals surface area contributed by atoms with Gasteiger partial charge in [0.1, 0.15) is 5.82 Å². The fourth-order valence-corrected chi connectivity index (χ4v) is 3.35. The first-order valence-corrected chi connectivity index (χ1v) is 7.41. The Morgan fingerprint density at radius 2 is 2.42 bits per heavy atom. The first-order chi connectivity index (χ1) is 9.20. The largest absolute Gasteiger partial charge is 0.409 e. The van der Waals surface area contributed by atoms with Crippen LogP contribution in [0.1, 0.15) is 17.5 Å². The van der Waals surface area contributed by atoms with Gasteiger partial charge in [-0.2, -0.15) is 11.8 Å². The SMILES string of the molecule is N/C(=N/O)c1ccc(CNCC2CCSC2)c(F)c1. The highest BCUT2D eigenvalue weighted by Gasteiger charge is 2.15. The molecule has 104 valence electrons. The summed E-state index contributed by atoms with van der Waals surface area (Å²) in [4.78, 5) is 0. The molecule has 1 saturated heterocycles. The van der Waals surface area contributed by atoms with Crippen molar-refractivity contribution in [3.05, 3.63) is 35.1 Å². The van der Waals surface area contributed by atoms with Crippen molar-refractivity contribution in [2.75, 3.05) is 18.1 Å².